The van der Waals surface area contributed by atoms with Crippen LogP contribution in [0.2, 0.25) is 0 Å². The van der Waals surface area contributed by atoms with Crippen molar-refractivity contribution in [2.45, 2.75) is 25.1 Å². The van der Waals surface area contributed by atoms with E-state index in [1.54, 1.807) is 0 Å². The predicted molar refractivity (Wildman–Crippen MR) is 64.7 cm³/mol. The smallest absolute Gasteiger partial charge is 0.351 e. The molecule has 1 aromatic rings. The van der Waals surface area contributed by atoms with E-state index in [4.69, 9.17) is 21.3 Å². The predicted octanol–water partition coefficient (Wildman–Crippen LogP) is -1.66. The molecule has 0 amide bonds. The van der Waals surface area contributed by atoms with E-state index >= 15 is 0 Å². The number of halogens is 1. The topological polar surface area (TPSA) is 137 Å². The van der Waals surface area contributed by atoms with Crippen LogP contribution in [0.25, 0.3) is 0 Å². The summed E-state index contributed by atoms with van der Waals surface area (Å²) in [5.74, 6) is -2.73. The van der Waals surface area contributed by atoms with E-state index in [9.17, 15) is 14.3 Å². The van der Waals surface area contributed by atoms with Gasteiger partial charge < -0.3 is 26.4 Å². The minimum atomic E-state index is -2.73. The Morgan fingerprint density at radius 2 is 2.32 bits per heavy atom. The van der Waals surface area contributed by atoms with E-state index in [2.05, 4.69) is 4.98 Å². The molecule has 1 aromatic heterocycles. The second-order valence-corrected chi connectivity index (χ2v) is 3.97. The first-order valence-corrected chi connectivity index (χ1v) is 5.54. The van der Waals surface area contributed by atoms with E-state index in [1.165, 1.54) is 12.3 Å². The monoisotopic (exact) mass is 276 g/mol. The molecule has 0 fully saturated rings. The molecule has 0 aliphatic carbocycles. The van der Waals surface area contributed by atoms with Crippen LogP contribution in [-0.2, 0) is 4.74 Å². The molecular formula is C10H17FN4O4. The SMILES string of the molecule is C[C@H](O)[C@@](F)(CO)O[C@H](CN)n1ccc(N)nc1=O. The molecule has 6 N–H and O–H groups in total. The van der Waals surface area contributed by atoms with Crippen molar-refractivity contribution in [3.63, 3.8) is 0 Å². The van der Waals surface area contributed by atoms with Crippen LogP contribution in [0, 0.1) is 0 Å². The van der Waals surface area contributed by atoms with Gasteiger partial charge in [0.15, 0.2) is 6.23 Å². The van der Waals surface area contributed by atoms with Crippen molar-refractivity contribution in [2.24, 2.45) is 5.73 Å². The second-order valence-electron chi connectivity index (χ2n) is 3.97. The molecule has 8 nitrogen and oxygen atoms in total. The van der Waals surface area contributed by atoms with Crippen molar-refractivity contribution in [3.05, 3.63) is 22.7 Å². The zero-order valence-electron chi connectivity index (χ0n) is 10.4. The van der Waals surface area contributed by atoms with E-state index in [0.29, 0.717) is 0 Å². The Labute approximate surface area is 108 Å². The van der Waals surface area contributed by atoms with Crippen molar-refractivity contribution in [1.82, 2.24) is 9.55 Å². The summed E-state index contributed by atoms with van der Waals surface area (Å²) in [6, 6.07) is 1.31. The van der Waals surface area contributed by atoms with Crippen molar-refractivity contribution >= 4 is 5.82 Å². The number of rotatable bonds is 6. The molecule has 0 saturated heterocycles. The van der Waals surface area contributed by atoms with Crippen molar-refractivity contribution in [3.8, 4) is 0 Å². The number of aromatic nitrogens is 2. The number of nitrogen functional groups attached to an aromatic ring is 1. The first-order valence-electron chi connectivity index (χ1n) is 5.54. The number of hydrogen-bond donors (Lipinski definition) is 4. The average Bonchev–Trinajstić information content (AvgIpc) is 2.36. The van der Waals surface area contributed by atoms with Gasteiger partial charge in [-0.2, -0.15) is 4.98 Å². The van der Waals surface area contributed by atoms with Gasteiger partial charge in [-0.1, -0.05) is 0 Å². The number of aliphatic hydroxyl groups excluding tert-OH is 2. The Kier molecular flexibility index (Phi) is 4.95. The van der Waals surface area contributed by atoms with E-state index < -0.39 is 30.5 Å². The Morgan fingerprint density at radius 1 is 1.68 bits per heavy atom. The van der Waals surface area contributed by atoms with Crippen LogP contribution in [-0.4, -0.2) is 44.9 Å². The van der Waals surface area contributed by atoms with Gasteiger partial charge in [-0.05, 0) is 13.0 Å². The highest BCUT2D eigenvalue weighted by Crippen LogP contribution is 2.23. The number of anilines is 1. The molecule has 1 heterocycles. The van der Waals surface area contributed by atoms with Crippen molar-refractivity contribution in [2.75, 3.05) is 18.9 Å². The first kappa shape index (κ1) is 15.5. The Morgan fingerprint density at radius 3 is 2.74 bits per heavy atom. The Hall–Kier alpha value is -1.55. The number of hydrogen-bond acceptors (Lipinski definition) is 7. The zero-order valence-corrected chi connectivity index (χ0v) is 10.4. The quantitative estimate of drug-likeness (QED) is 0.488. The normalized spacial score (nSPS) is 17.7. The highest BCUT2D eigenvalue weighted by atomic mass is 19.2. The summed E-state index contributed by atoms with van der Waals surface area (Å²) in [7, 11) is 0. The van der Waals surface area contributed by atoms with Gasteiger partial charge >= 0.3 is 5.69 Å². The molecule has 0 unspecified atom stereocenters. The average molecular weight is 276 g/mol. The molecular weight excluding hydrogens is 259 g/mol. The lowest BCUT2D eigenvalue weighted by Crippen LogP contribution is -2.47. The molecule has 19 heavy (non-hydrogen) atoms. The van der Waals surface area contributed by atoms with E-state index in [1.807, 2.05) is 0 Å². The number of alkyl halides is 1. The van der Waals surface area contributed by atoms with Gasteiger partial charge in [0.05, 0.1) is 0 Å². The molecule has 1 rings (SSSR count). The van der Waals surface area contributed by atoms with Crippen LogP contribution < -0.4 is 17.2 Å². The Balaban J connectivity index is 3.04. The second kappa shape index (κ2) is 6.06. The standard InChI is InChI=1S/C10H17FN4O4/c1-6(17)10(11,5-16)19-8(4-12)15-3-2-7(13)14-9(15)18/h2-3,6,8,16-17H,4-5,12H2,1H3,(H2,13,14,18)/t6-,8+,10+/m0/s1. The van der Waals surface area contributed by atoms with E-state index in [-0.39, 0.29) is 12.4 Å². The molecule has 9 heteroatoms. The summed E-state index contributed by atoms with van der Waals surface area (Å²) in [4.78, 5) is 15.0. The number of ether oxygens (including phenoxy) is 1. The fraction of sp³-hybridized carbons (Fsp3) is 0.600. The molecule has 3 atom stereocenters. The summed E-state index contributed by atoms with van der Waals surface area (Å²) >= 11 is 0. The highest BCUT2D eigenvalue weighted by Gasteiger charge is 2.39. The lowest BCUT2D eigenvalue weighted by molar-refractivity contribution is -0.259. The fourth-order valence-electron chi connectivity index (χ4n) is 1.36. The minimum absolute atomic E-state index is 0.00113. The van der Waals surface area contributed by atoms with Crippen molar-refractivity contribution < 1.29 is 19.3 Å². The Bertz CT molecular complexity index is 481. The third-order valence-electron chi connectivity index (χ3n) is 2.53. The van der Waals surface area contributed by atoms with Gasteiger partial charge in [0.1, 0.15) is 18.5 Å². The van der Waals surface area contributed by atoms with Gasteiger partial charge in [-0.15, -0.1) is 0 Å². The summed E-state index contributed by atoms with van der Waals surface area (Å²) in [6.45, 7) is -0.240. The van der Waals surface area contributed by atoms with E-state index in [0.717, 1.165) is 11.5 Å². The molecule has 0 radical (unpaired) electrons. The zero-order chi connectivity index (χ0) is 14.6. The summed E-state index contributed by atoms with van der Waals surface area (Å²) in [5, 5.41) is 18.2. The van der Waals surface area contributed by atoms with Crippen LogP contribution in [0.4, 0.5) is 10.2 Å². The molecule has 0 spiro atoms. The molecule has 0 bridgehead atoms. The van der Waals surface area contributed by atoms with Crippen LogP contribution >= 0.6 is 0 Å². The van der Waals surface area contributed by atoms with Gasteiger partial charge in [0.25, 0.3) is 5.85 Å². The van der Waals surface area contributed by atoms with Crippen LogP contribution in [0.3, 0.4) is 0 Å². The lowest BCUT2D eigenvalue weighted by Gasteiger charge is -2.31. The van der Waals surface area contributed by atoms with Gasteiger partial charge in [-0.25, -0.2) is 9.18 Å². The molecule has 108 valence electrons. The maximum Gasteiger partial charge on any atom is 0.351 e. The fourth-order valence-corrected chi connectivity index (χ4v) is 1.36. The third kappa shape index (κ3) is 3.47. The molecule has 0 aliphatic rings. The molecule has 0 aliphatic heterocycles. The summed E-state index contributed by atoms with van der Waals surface area (Å²) < 4.78 is 19.9. The third-order valence-corrected chi connectivity index (χ3v) is 2.53. The number of aliphatic hydroxyl groups is 2. The summed E-state index contributed by atoms with van der Waals surface area (Å²) in [6.07, 6.45) is -1.60. The van der Waals surface area contributed by atoms with Crippen LogP contribution in [0.15, 0.2) is 17.1 Å². The summed E-state index contributed by atoms with van der Waals surface area (Å²) in [5.41, 5.74) is 9.94. The number of nitrogens with zero attached hydrogens (tertiary/aromatic N) is 2. The van der Waals surface area contributed by atoms with Gasteiger partial charge in [0, 0.05) is 12.7 Å². The van der Waals surface area contributed by atoms with Crippen molar-refractivity contribution in [1.29, 1.82) is 0 Å². The maximum atomic E-state index is 14.0. The largest absolute Gasteiger partial charge is 0.390 e. The maximum absolute atomic E-state index is 14.0. The molecule has 0 saturated carbocycles. The van der Waals surface area contributed by atoms with Crippen LogP contribution in [0.5, 0.6) is 0 Å². The number of nitrogens with two attached hydrogens (primary N) is 2. The highest BCUT2D eigenvalue weighted by molar-refractivity contribution is 5.23. The van der Waals surface area contributed by atoms with Gasteiger partial charge in [0.2, 0.25) is 0 Å². The lowest BCUT2D eigenvalue weighted by atomic mass is 10.2. The minimum Gasteiger partial charge on any atom is -0.390 e. The van der Waals surface area contributed by atoms with Gasteiger partial charge in [-0.3, -0.25) is 4.57 Å². The molecule has 0 aromatic carbocycles. The van der Waals surface area contributed by atoms with Crippen LogP contribution in [0.1, 0.15) is 13.2 Å². The first-order chi connectivity index (χ1) is 8.84.